The van der Waals surface area contributed by atoms with Gasteiger partial charge < -0.3 is 15.0 Å². The first-order valence-electron chi connectivity index (χ1n) is 8.24. The molecule has 1 unspecified atom stereocenters. The highest BCUT2D eigenvalue weighted by Gasteiger charge is 2.28. The van der Waals surface area contributed by atoms with Crippen LogP contribution in [0.3, 0.4) is 0 Å². The summed E-state index contributed by atoms with van der Waals surface area (Å²) in [7, 11) is 0. The van der Waals surface area contributed by atoms with Crippen LogP contribution in [0.2, 0.25) is 0 Å². The SMILES string of the molecule is CCOC(c1nc2c(c(=O)[nH]1)CNCC2)C1CCCCC1. The Morgan fingerprint density at radius 1 is 1.33 bits per heavy atom. The Bertz CT molecular complexity index is 535. The lowest BCUT2D eigenvalue weighted by atomic mass is 9.84. The Labute approximate surface area is 125 Å². The molecule has 1 aliphatic carbocycles. The van der Waals surface area contributed by atoms with E-state index in [-0.39, 0.29) is 11.7 Å². The van der Waals surface area contributed by atoms with Gasteiger partial charge in [-0.25, -0.2) is 4.98 Å². The monoisotopic (exact) mass is 291 g/mol. The van der Waals surface area contributed by atoms with Gasteiger partial charge >= 0.3 is 0 Å². The standard InChI is InChI=1S/C16H25N3O2/c1-2-21-14(11-6-4-3-5-7-11)15-18-13-8-9-17-10-12(13)16(20)19-15/h11,14,17H,2-10H2,1H3,(H,18,19,20). The van der Waals surface area contributed by atoms with Crippen molar-refractivity contribution in [2.75, 3.05) is 13.2 Å². The number of H-pyrrole nitrogens is 1. The fourth-order valence-corrected chi connectivity index (χ4v) is 3.56. The van der Waals surface area contributed by atoms with Gasteiger partial charge in [0.05, 0.1) is 11.3 Å². The van der Waals surface area contributed by atoms with E-state index in [0.29, 0.717) is 19.1 Å². The summed E-state index contributed by atoms with van der Waals surface area (Å²) in [5.74, 6) is 1.23. The van der Waals surface area contributed by atoms with Crippen molar-refractivity contribution >= 4 is 0 Å². The van der Waals surface area contributed by atoms with Crippen molar-refractivity contribution in [3.8, 4) is 0 Å². The van der Waals surface area contributed by atoms with Crippen molar-refractivity contribution in [3.63, 3.8) is 0 Å². The molecule has 2 heterocycles. The molecule has 0 aromatic carbocycles. The van der Waals surface area contributed by atoms with Crippen molar-refractivity contribution in [2.24, 2.45) is 5.92 Å². The van der Waals surface area contributed by atoms with Gasteiger partial charge in [-0.2, -0.15) is 0 Å². The molecule has 116 valence electrons. The minimum atomic E-state index is -0.0526. The lowest BCUT2D eigenvalue weighted by Crippen LogP contribution is -2.34. The lowest BCUT2D eigenvalue weighted by Gasteiger charge is -2.30. The first-order valence-corrected chi connectivity index (χ1v) is 8.24. The van der Waals surface area contributed by atoms with Crippen LogP contribution in [0.15, 0.2) is 4.79 Å². The zero-order valence-corrected chi connectivity index (χ0v) is 12.8. The summed E-state index contributed by atoms with van der Waals surface area (Å²) in [6, 6.07) is 0. The summed E-state index contributed by atoms with van der Waals surface area (Å²) >= 11 is 0. The maximum absolute atomic E-state index is 12.3. The van der Waals surface area contributed by atoms with Gasteiger partial charge in [0.2, 0.25) is 0 Å². The second-order valence-electron chi connectivity index (χ2n) is 6.08. The van der Waals surface area contributed by atoms with Crippen LogP contribution in [0.5, 0.6) is 0 Å². The summed E-state index contributed by atoms with van der Waals surface area (Å²) < 4.78 is 5.97. The molecular weight excluding hydrogens is 266 g/mol. The molecule has 2 aliphatic rings. The molecule has 5 nitrogen and oxygen atoms in total. The molecule has 1 aromatic rings. The summed E-state index contributed by atoms with van der Waals surface area (Å²) in [5, 5.41) is 3.23. The van der Waals surface area contributed by atoms with E-state index in [1.54, 1.807) is 0 Å². The largest absolute Gasteiger partial charge is 0.370 e. The number of fused-ring (bicyclic) bond motifs is 1. The Kier molecular flexibility index (Phi) is 4.70. The van der Waals surface area contributed by atoms with Gasteiger partial charge in [-0.05, 0) is 25.7 Å². The number of ether oxygens (including phenoxy) is 1. The third-order valence-electron chi connectivity index (χ3n) is 4.65. The highest BCUT2D eigenvalue weighted by Crippen LogP contribution is 2.35. The zero-order chi connectivity index (χ0) is 14.7. The smallest absolute Gasteiger partial charge is 0.255 e. The second kappa shape index (κ2) is 6.71. The average molecular weight is 291 g/mol. The molecule has 0 spiro atoms. The molecule has 21 heavy (non-hydrogen) atoms. The number of hydrogen-bond acceptors (Lipinski definition) is 4. The Hall–Kier alpha value is -1.20. The highest BCUT2D eigenvalue weighted by atomic mass is 16.5. The van der Waals surface area contributed by atoms with Crippen LogP contribution >= 0.6 is 0 Å². The molecule has 5 heteroatoms. The van der Waals surface area contributed by atoms with Gasteiger partial charge in [0.1, 0.15) is 11.9 Å². The topological polar surface area (TPSA) is 67.0 Å². The minimum absolute atomic E-state index is 0.00251. The molecule has 0 amide bonds. The van der Waals surface area contributed by atoms with Crippen molar-refractivity contribution in [1.82, 2.24) is 15.3 Å². The highest BCUT2D eigenvalue weighted by molar-refractivity contribution is 5.21. The third kappa shape index (κ3) is 3.19. The number of rotatable bonds is 4. The molecule has 1 fully saturated rings. The van der Waals surface area contributed by atoms with Crippen molar-refractivity contribution in [2.45, 2.75) is 58.1 Å². The summed E-state index contributed by atoms with van der Waals surface area (Å²) in [4.78, 5) is 20.0. The number of aromatic nitrogens is 2. The summed E-state index contributed by atoms with van der Waals surface area (Å²) in [6.45, 7) is 4.19. The van der Waals surface area contributed by atoms with E-state index < -0.39 is 0 Å². The van der Waals surface area contributed by atoms with Gasteiger partial charge in [-0.15, -0.1) is 0 Å². The number of nitrogens with one attached hydrogen (secondary N) is 2. The first kappa shape index (κ1) is 14.7. The first-order chi connectivity index (χ1) is 10.3. The van der Waals surface area contributed by atoms with Crippen LogP contribution in [-0.2, 0) is 17.7 Å². The maximum atomic E-state index is 12.3. The fourth-order valence-electron chi connectivity index (χ4n) is 3.56. The fraction of sp³-hybridized carbons (Fsp3) is 0.750. The molecule has 0 radical (unpaired) electrons. The molecule has 1 aliphatic heterocycles. The molecule has 1 aromatic heterocycles. The molecule has 3 rings (SSSR count). The Morgan fingerprint density at radius 3 is 2.90 bits per heavy atom. The number of nitrogens with zero attached hydrogens (tertiary/aromatic N) is 1. The van der Waals surface area contributed by atoms with Crippen LogP contribution in [0.1, 0.15) is 62.2 Å². The Balaban J connectivity index is 1.91. The number of aromatic amines is 1. The average Bonchev–Trinajstić information content (AvgIpc) is 2.53. The Morgan fingerprint density at radius 2 is 2.14 bits per heavy atom. The number of hydrogen-bond donors (Lipinski definition) is 2. The van der Waals surface area contributed by atoms with Crippen LogP contribution in [0.25, 0.3) is 0 Å². The van der Waals surface area contributed by atoms with Crippen LogP contribution in [0.4, 0.5) is 0 Å². The summed E-state index contributed by atoms with van der Waals surface area (Å²) in [5.41, 5.74) is 1.75. The lowest BCUT2D eigenvalue weighted by molar-refractivity contribution is -0.000543. The normalized spacial score (nSPS) is 21.0. The van der Waals surface area contributed by atoms with Gasteiger partial charge in [0.15, 0.2) is 0 Å². The minimum Gasteiger partial charge on any atom is -0.370 e. The van der Waals surface area contributed by atoms with E-state index in [1.807, 2.05) is 6.92 Å². The predicted octanol–water partition coefficient (Wildman–Crippen LogP) is 2.07. The molecular formula is C16H25N3O2. The van der Waals surface area contributed by atoms with E-state index >= 15 is 0 Å². The van der Waals surface area contributed by atoms with Crippen molar-refractivity contribution in [3.05, 3.63) is 27.4 Å². The third-order valence-corrected chi connectivity index (χ3v) is 4.65. The van der Waals surface area contributed by atoms with E-state index in [9.17, 15) is 4.79 Å². The molecule has 0 saturated heterocycles. The van der Waals surface area contributed by atoms with Gasteiger partial charge in [-0.1, -0.05) is 19.3 Å². The zero-order valence-electron chi connectivity index (χ0n) is 12.8. The molecule has 1 saturated carbocycles. The molecule has 0 bridgehead atoms. The van der Waals surface area contributed by atoms with Crippen molar-refractivity contribution < 1.29 is 4.74 Å². The molecule has 2 N–H and O–H groups in total. The van der Waals surface area contributed by atoms with Crippen LogP contribution in [0, 0.1) is 5.92 Å². The van der Waals surface area contributed by atoms with Crippen LogP contribution in [-0.4, -0.2) is 23.1 Å². The predicted molar refractivity (Wildman–Crippen MR) is 81.2 cm³/mol. The van der Waals surface area contributed by atoms with E-state index in [2.05, 4.69) is 10.3 Å². The second-order valence-corrected chi connectivity index (χ2v) is 6.08. The summed E-state index contributed by atoms with van der Waals surface area (Å²) in [6.07, 6.45) is 6.95. The van der Waals surface area contributed by atoms with Gasteiger partial charge in [-0.3, -0.25) is 4.79 Å². The van der Waals surface area contributed by atoms with Gasteiger partial charge in [0, 0.05) is 26.1 Å². The maximum Gasteiger partial charge on any atom is 0.255 e. The quantitative estimate of drug-likeness (QED) is 0.891. The molecule has 1 atom stereocenters. The van der Waals surface area contributed by atoms with E-state index in [0.717, 1.165) is 30.0 Å². The van der Waals surface area contributed by atoms with Crippen molar-refractivity contribution in [1.29, 1.82) is 0 Å². The van der Waals surface area contributed by atoms with Crippen LogP contribution < -0.4 is 10.9 Å². The van der Waals surface area contributed by atoms with E-state index in [4.69, 9.17) is 9.72 Å². The van der Waals surface area contributed by atoms with E-state index in [1.165, 1.54) is 32.1 Å². The van der Waals surface area contributed by atoms with Gasteiger partial charge in [0.25, 0.3) is 5.56 Å².